The molecule has 10 nitrogen and oxygen atoms in total. The molecule has 4 aromatic rings. The van der Waals surface area contributed by atoms with E-state index in [1.165, 1.54) is 17.5 Å². The third kappa shape index (κ3) is 7.36. The highest BCUT2D eigenvalue weighted by Crippen LogP contribution is 2.43. The van der Waals surface area contributed by atoms with E-state index in [1.807, 2.05) is 29.7 Å². The number of nitrogens with one attached hydrogen (secondary N) is 1. The maximum atomic E-state index is 13.7. The molecular formula is C26H33N6O4P. The van der Waals surface area contributed by atoms with Gasteiger partial charge in [-0.05, 0) is 44.0 Å². The zero-order chi connectivity index (χ0) is 26.3. The third-order valence-electron chi connectivity index (χ3n) is 5.76. The van der Waals surface area contributed by atoms with Gasteiger partial charge in [0.25, 0.3) is 0 Å². The smallest absolute Gasteiger partial charge is 0.342 e. The fourth-order valence-corrected chi connectivity index (χ4v) is 5.37. The van der Waals surface area contributed by atoms with Crippen LogP contribution in [0.4, 0.5) is 5.82 Å². The molecule has 196 valence electrons. The standard InChI is InChI=1S/C26H33N6O4P/c1-19-9-10-22(20(2)13-19)15-34-12-11-31-37(33,36-23-7-5-4-6-8-23)18-35-21(3)14-32-17-30-24-25(27)28-16-29-26(24)32/h4-10,13,16-17,21H,11-12,14-15,18H2,1-3H3,(H,31,33)(H2,27,28,29)/t21-,37?/m1/s1. The van der Waals surface area contributed by atoms with Crippen molar-refractivity contribution in [1.29, 1.82) is 0 Å². The summed E-state index contributed by atoms with van der Waals surface area (Å²) in [4.78, 5) is 12.5. The Labute approximate surface area is 216 Å². The van der Waals surface area contributed by atoms with Gasteiger partial charge in [0.05, 0.1) is 32.2 Å². The number of ether oxygens (including phenoxy) is 2. The van der Waals surface area contributed by atoms with Crippen molar-refractivity contribution in [2.45, 2.75) is 40.0 Å². The molecule has 0 aliphatic heterocycles. The minimum atomic E-state index is -3.39. The Kier molecular flexibility index (Phi) is 8.89. The second kappa shape index (κ2) is 12.3. The normalized spacial score (nSPS) is 13.9. The molecule has 0 bridgehead atoms. The number of aromatic nitrogens is 4. The highest BCUT2D eigenvalue weighted by Gasteiger charge is 2.26. The number of anilines is 1. The summed E-state index contributed by atoms with van der Waals surface area (Å²) in [5.41, 5.74) is 10.6. The number of para-hydroxylation sites is 1. The van der Waals surface area contributed by atoms with E-state index in [1.54, 1.807) is 18.5 Å². The molecule has 2 atom stereocenters. The van der Waals surface area contributed by atoms with Crippen molar-refractivity contribution in [2.75, 3.05) is 25.2 Å². The van der Waals surface area contributed by atoms with Gasteiger partial charge in [0.1, 0.15) is 23.9 Å². The average molecular weight is 525 g/mol. The molecule has 0 aliphatic rings. The van der Waals surface area contributed by atoms with Gasteiger partial charge in [-0.25, -0.2) is 20.0 Å². The van der Waals surface area contributed by atoms with E-state index in [0.29, 0.717) is 49.0 Å². The van der Waals surface area contributed by atoms with E-state index in [4.69, 9.17) is 19.7 Å². The van der Waals surface area contributed by atoms with Crippen LogP contribution in [0.25, 0.3) is 11.2 Å². The van der Waals surface area contributed by atoms with Crippen molar-refractivity contribution in [1.82, 2.24) is 24.6 Å². The summed E-state index contributed by atoms with van der Waals surface area (Å²) in [5, 5.41) is 3.03. The maximum absolute atomic E-state index is 13.7. The minimum absolute atomic E-state index is 0.121. The van der Waals surface area contributed by atoms with Gasteiger partial charge in [0.15, 0.2) is 11.5 Å². The van der Waals surface area contributed by atoms with E-state index in [-0.39, 0.29) is 12.5 Å². The summed E-state index contributed by atoms with van der Waals surface area (Å²) in [7, 11) is -3.39. The van der Waals surface area contributed by atoms with Crippen molar-refractivity contribution in [3.05, 3.63) is 77.9 Å². The minimum Gasteiger partial charge on any atom is -0.431 e. The Hall–Kier alpha value is -3.30. The number of imidazole rings is 1. The molecule has 3 N–H and O–H groups in total. The zero-order valence-electron chi connectivity index (χ0n) is 21.3. The lowest BCUT2D eigenvalue weighted by molar-refractivity contribution is 0.0815. The number of nitrogens with zero attached hydrogens (tertiary/aromatic N) is 4. The summed E-state index contributed by atoms with van der Waals surface area (Å²) in [6.07, 6.45) is 2.61. The van der Waals surface area contributed by atoms with E-state index in [0.717, 1.165) is 5.56 Å². The van der Waals surface area contributed by atoms with Crippen molar-refractivity contribution < 1.29 is 18.6 Å². The summed E-state index contributed by atoms with van der Waals surface area (Å²) in [6, 6.07) is 15.3. The lowest BCUT2D eigenvalue weighted by Gasteiger charge is -2.23. The van der Waals surface area contributed by atoms with Gasteiger partial charge in [0.2, 0.25) is 0 Å². The number of nitrogen functional groups attached to an aromatic ring is 1. The lowest BCUT2D eigenvalue weighted by Crippen LogP contribution is -2.25. The van der Waals surface area contributed by atoms with Crippen LogP contribution < -0.4 is 15.3 Å². The molecule has 0 radical (unpaired) electrons. The fourth-order valence-electron chi connectivity index (χ4n) is 3.82. The average Bonchev–Trinajstić information content (AvgIpc) is 3.28. The highest BCUT2D eigenvalue weighted by atomic mass is 31.2. The van der Waals surface area contributed by atoms with E-state index < -0.39 is 7.52 Å². The molecule has 11 heteroatoms. The molecule has 0 aliphatic carbocycles. The van der Waals surface area contributed by atoms with Crippen LogP contribution in [0, 0.1) is 13.8 Å². The first-order valence-electron chi connectivity index (χ1n) is 12.1. The summed E-state index contributed by atoms with van der Waals surface area (Å²) in [5.74, 6) is 0.820. The molecular weight excluding hydrogens is 491 g/mol. The van der Waals surface area contributed by atoms with Gasteiger partial charge in [-0.2, -0.15) is 0 Å². The van der Waals surface area contributed by atoms with Gasteiger partial charge < -0.3 is 24.3 Å². The fraction of sp³-hybridized carbons (Fsp3) is 0.346. The summed E-state index contributed by atoms with van der Waals surface area (Å²) >= 11 is 0. The topological polar surface area (TPSA) is 126 Å². The maximum Gasteiger partial charge on any atom is 0.342 e. The molecule has 37 heavy (non-hydrogen) atoms. The van der Waals surface area contributed by atoms with E-state index >= 15 is 0 Å². The van der Waals surface area contributed by atoms with Crippen LogP contribution in [-0.2, 0) is 27.2 Å². The lowest BCUT2D eigenvalue weighted by atomic mass is 10.1. The Bertz CT molecular complexity index is 1360. The molecule has 0 saturated carbocycles. The van der Waals surface area contributed by atoms with Crippen LogP contribution in [0.5, 0.6) is 5.75 Å². The predicted molar refractivity (Wildman–Crippen MR) is 143 cm³/mol. The number of hydrogen-bond acceptors (Lipinski definition) is 8. The second-order valence-electron chi connectivity index (χ2n) is 8.90. The van der Waals surface area contributed by atoms with Gasteiger partial charge in [-0.1, -0.05) is 42.0 Å². The van der Waals surface area contributed by atoms with Crippen LogP contribution in [0.15, 0.2) is 61.2 Å². The quantitative estimate of drug-likeness (QED) is 0.192. The first-order valence-corrected chi connectivity index (χ1v) is 13.9. The Balaban J connectivity index is 1.33. The van der Waals surface area contributed by atoms with E-state index in [9.17, 15) is 4.57 Å². The first kappa shape index (κ1) is 26.8. The van der Waals surface area contributed by atoms with Crippen LogP contribution in [0.3, 0.4) is 0 Å². The Morgan fingerprint density at radius 3 is 2.70 bits per heavy atom. The largest absolute Gasteiger partial charge is 0.431 e. The molecule has 2 aromatic heterocycles. The number of rotatable bonds is 13. The van der Waals surface area contributed by atoms with Crippen molar-refractivity contribution in [3.8, 4) is 5.75 Å². The number of aryl methyl sites for hydroxylation is 2. The molecule has 0 amide bonds. The molecule has 2 heterocycles. The zero-order valence-corrected chi connectivity index (χ0v) is 22.2. The van der Waals surface area contributed by atoms with Crippen molar-refractivity contribution >= 4 is 24.5 Å². The van der Waals surface area contributed by atoms with Gasteiger partial charge >= 0.3 is 7.52 Å². The summed E-state index contributed by atoms with van der Waals surface area (Å²) < 4.78 is 33.2. The molecule has 0 fully saturated rings. The molecule has 0 spiro atoms. The Morgan fingerprint density at radius 1 is 1.11 bits per heavy atom. The number of hydrogen-bond donors (Lipinski definition) is 2. The van der Waals surface area contributed by atoms with Gasteiger partial charge in [-0.3, -0.25) is 4.57 Å². The van der Waals surface area contributed by atoms with Crippen molar-refractivity contribution in [2.24, 2.45) is 0 Å². The first-order chi connectivity index (χ1) is 17.8. The molecule has 1 unspecified atom stereocenters. The van der Waals surface area contributed by atoms with Crippen LogP contribution in [0.1, 0.15) is 23.6 Å². The summed E-state index contributed by atoms with van der Waals surface area (Å²) in [6.45, 7) is 7.66. The number of nitrogens with two attached hydrogens (primary N) is 1. The van der Waals surface area contributed by atoms with Crippen LogP contribution in [-0.4, -0.2) is 45.1 Å². The predicted octanol–water partition coefficient (Wildman–Crippen LogP) is 4.47. The molecule has 2 aromatic carbocycles. The van der Waals surface area contributed by atoms with Crippen LogP contribution >= 0.6 is 7.52 Å². The van der Waals surface area contributed by atoms with Crippen LogP contribution in [0.2, 0.25) is 0 Å². The number of fused-ring (bicyclic) bond motifs is 1. The number of benzene rings is 2. The van der Waals surface area contributed by atoms with Gasteiger partial charge in [0, 0.05) is 6.54 Å². The third-order valence-corrected chi connectivity index (χ3v) is 7.46. The van der Waals surface area contributed by atoms with E-state index in [2.05, 4.69) is 52.1 Å². The van der Waals surface area contributed by atoms with Gasteiger partial charge in [-0.15, -0.1) is 0 Å². The second-order valence-corrected chi connectivity index (χ2v) is 11.0. The Morgan fingerprint density at radius 2 is 1.92 bits per heavy atom. The monoisotopic (exact) mass is 524 g/mol. The molecule has 4 rings (SSSR count). The SMILES string of the molecule is Cc1ccc(COCCNP(=O)(CO[C@H](C)Cn2cnc3c(N)ncnc32)Oc2ccccc2)c(C)c1. The van der Waals surface area contributed by atoms with Crippen molar-refractivity contribution in [3.63, 3.8) is 0 Å². The highest BCUT2D eigenvalue weighted by molar-refractivity contribution is 7.57. The molecule has 0 saturated heterocycles.